The number of likely N-dealkylation sites (tertiary alicyclic amines) is 1. The third-order valence-electron chi connectivity index (χ3n) is 10.6. The molecule has 3 saturated heterocycles. The largest absolute Gasteiger partial charge is 0.455 e. The van der Waals surface area contributed by atoms with Crippen molar-refractivity contribution in [1.29, 1.82) is 0 Å². The molecule has 0 saturated carbocycles. The monoisotopic (exact) mass is 705 g/mol. The van der Waals surface area contributed by atoms with Gasteiger partial charge in [0.05, 0.1) is 47.8 Å². The number of carbonyl (C=O) groups excluding carboxylic acids is 4. The lowest BCUT2D eigenvalue weighted by Gasteiger charge is -2.41. The molecule has 0 radical (unpaired) electrons. The quantitative estimate of drug-likeness (QED) is 0.179. The van der Waals surface area contributed by atoms with E-state index in [0.29, 0.717) is 42.0 Å². The minimum atomic E-state index is -1.33. The summed E-state index contributed by atoms with van der Waals surface area (Å²) in [5.74, 6) is -3.86. The molecule has 11 heteroatoms. The Labute approximate surface area is 299 Å². The molecule has 3 aliphatic rings. The number of para-hydroxylation sites is 1. The van der Waals surface area contributed by atoms with Gasteiger partial charge in [-0.2, -0.15) is 0 Å². The molecule has 3 aliphatic heterocycles. The Morgan fingerprint density at radius 2 is 1.92 bits per heavy atom. The summed E-state index contributed by atoms with van der Waals surface area (Å²) in [7, 11) is 0. The average Bonchev–Trinajstić information content (AvgIpc) is 3.76. The number of aliphatic hydroxyl groups excluding tert-OH is 1. The number of aryl methyl sites for hydroxylation is 1. The number of benzene rings is 2. The lowest BCUT2D eigenvalue weighted by atomic mass is 9.70. The van der Waals surface area contributed by atoms with Crippen molar-refractivity contribution < 1.29 is 33.8 Å². The second-order valence-corrected chi connectivity index (χ2v) is 14.0. The number of hydrogen-bond acceptors (Lipinski definition) is 7. The molecule has 2 aromatic carbocycles. The van der Waals surface area contributed by atoms with Gasteiger partial charge in [-0.25, -0.2) is 0 Å². The number of anilines is 1. The highest BCUT2D eigenvalue weighted by Crippen LogP contribution is 2.60. The van der Waals surface area contributed by atoms with Gasteiger partial charge in [-0.15, -0.1) is 13.2 Å². The van der Waals surface area contributed by atoms with E-state index in [4.69, 9.17) is 21.1 Å². The zero-order valence-electron chi connectivity index (χ0n) is 29.1. The van der Waals surface area contributed by atoms with Crippen molar-refractivity contribution in [2.24, 2.45) is 17.8 Å². The van der Waals surface area contributed by atoms with E-state index >= 15 is 4.79 Å². The predicted molar refractivity (Wildman–Crippen MR) is 191 cm³/mol. The summed E-state index contributed by atoms with van der Waals surface area (Å²) < 4.78 is 12.8. The van der Waals surface area contributed by atoms with E-state index in [1.165, 1.54) is 9.80 Å². The van der Waals surface area contributed by atoms with Gasteiger partial charge in [-0.05, 0) is 49.3 Å². The number of amides is 3. The summed E-state index contributed by atoms with van der Waals surface area (Å²) in [6.07, 6.45) is 3.99. The van der Waals surface area contributed by atoms with Crippen LogP contribution in [0.15, 0.2) is 73.8 Å². The first-order valence-electron chi connectivity index (χ1n) is 17.5. The van der Waals surface area contributed by atoms with Gasteiger partial charge in [0.25, 0.3) is 5.91 Å². The highest BCUT2D eigenvalue weighted by molar-refractivity contribution is 6.34. The van der Waals surface area contributed by atoms with E-state index in [9.17, 15) is 19.5 Å². The fourth-order valence-corrected chi connectivity index (χ4v) is 8.31. The first-order valence-corrected chi connectivity index (χ1v) is 17.8. The van der Waals surface area contributed by atoms with Gasteiger partial charge in [0.1, 0.15) is 17.7 Å². The molecule has 268 valence electrons. The van der Waals surface area contributed by atoms with Crippen molar-refractivity contribution in [1.82, 2.24) is 10.2 Å². The van der Waals surface area contributed by atoms with Crippen molar-refractivity contribution in [3.05, 3.63) is 90.0 Å². The Hall–Kier alpha value is -3.99. The SMILES string of the molecule is C=CCCC(=O)NC[C@H](OC(=O)[C@@H]1[C@@H]2CC[C@]3(O2)[C@H](C(=O)N(CC=C)c2c(C)cccc2Cl)N([C@@H](CO)[C@@H](C)CC)C(=O)[C@@H]13)c1ccccc1. The molecular formula is C39H48ClN3O7. The first-order chi connectivity index (χ1) is 24.0. The number of carbonyl (C=O) groups is 4. The standard InChI is InChI=1S/C39H48ClN3O7/c1-6-9-18-31(45)41-22-30(26-15-11-10-12-16-26)49-38(48)32-29-19-20-39(50-29)33(32)36(46)43(28(23-44)24(4)8-3)35(39)37(47)42(21-7-2)34-25(5)14-13-17-27(34)40/h6-7,10-17,24,28-30,32-33,35,44H,1-2,8-9,18-23H2,3-5H3,(H,41,45)/t24-,28-,29-,30-,32+,33+,35-,39+/m0/s1. The van der Waals surface area contributed by atoms with Crippen LogP contribution in [0.4, 0.5) is 5.69 Å². The van der Waals surface area contributed by atoms with Crippen LogP contribution in [0.25, 0.3) is 0 Å². The number of ether oxygens (including phenoxy) is 2. The van der Waals surface area contributed by atoms with Crippen LogP contribution >= 0.6 is 11.6 Å². The van der Waals surface area contributed by atoms with Crippen LogP contribution in [-0.2, 0) is 28.7 Å². The van der Waals surface area contributed by atoms with E-state index in [0.717, 1.165) is 5.56 Å². The highest BCUT2D eigenvalue weighted by Gasteiger charge is 2.76. The molecule has 8 atom stereocenters. The summed E-state index contributed by atoms with van der Waals surface area (Å²) in [6, 6.07) is 12.6. The smallest absolute Gasteiger partial charge is 0.313 e. The van der Waals surface area contributed by atoms with E-state index in [1.54, 1.807) is 24.3 Å². The number of halogens is 1. The zero-order valence-corrected chi connectivity index (χ0v) is 29.8. The number of allylic oxidation sites excluding steroid dienone is 1. The number of fused-ring (bicyclic) bond motifs is 1. The number of esters is 1. The van der Waals surface area contributed by atoms with Crippen molar-refractivity contribution in [2.45, 2.75) is 82.8 Å². The maximum atomic E-state index is 15.0. The van der Waals surface area contributed by atoms with Crippen LogP contribution in [0.5, 0.6) is 0 Å². The Morgan fingerprint density at radius 1 is 1.18 bits per heavy atom. The summed E-state index contributed by atoms with van der Waals surface area (Å²) in [4.78, 5) is 59.6. The highest BCUT2D eigenvalue weighted by atomic mass is 35.5. The van der Waals surface area contributed by atoms with Crippen molar-refractivity contribution in [3.8, 4) is 0 Å². The lowest BCUT2D eigenvalue weighted by Crippen LogP contribution is -2.60. The van der Waals surface area contributed by atoms with Crippen molar-refractivity contribution >= 4 is 41.0 Å². The lowest BCUT2D eigenvalue weighted by molar-refractivity contribution is -0.161. The number of rotatable bonds is 16. The molecule has 3 heterocycles. The predicted octanol–water partition coefficient (Wildman–Crippen LogP) is 5.32. The van der Waals surface area contributed by atoms with Gasteiger partial charge >= 0.3 is 5.97 Å². The normalized spacial score (nSPS) is 25.4. The molecule has 0 aliphatic carbocycles. The zero-order chi connectivity index (χ0) is 36.2. The molecule has 2 bridgehead atoms. The Bertz CT molecular complexity index is 1580. The summed E-state index contributed by atoms with van der Waals surface area (Å²) >= 11 is 6.69. The Kier molecular flexibility index (Phi) is 11.9. The summed E-state index contributed by atoms with van der Waals surface area (Å²) in [5, 5.41) is 14.0. The van der Waals surface area contributed by atoms with Crippen LogP contribution in [-0.4, -0.2) is 77.2 Å². The fourth-order valence-electron chi connectivity index (χ4n) is 7.99. The molecule has 3 fully saturated rings. The first kappa shape index (κ1) is 37.3. The van der Waals surface area contributed by atoms with E-state index in [2.05, 4.69) is 18.5 Å². The third kappa shape index (κ3) is 6.85. The Morgan fingerprint density at radius 3 is 2.56 bits per heavy atom. The number of hydrogen-bond donors (Lipinski definition) is 2. The molecule has 1 spiro atoms. The molecule has 0 unspecified atom stereocenters. The average molecular weight is 706 g/mol. The summed E-state index contributed by atoms with van der Waals surface area (Å²) in [6.45, 7) is 13.1. The van der Waals surface area contributed by atoms with E-state index < -0.39 is 59.5 Å². The molecular weight excluding hydrogens is 658 g/mol. The minimum Gasteiger partial charge on any atom is -0.455 e. The topological polar surface area (TPSA) is 125 Å². The molecule has 2 aromatic rings. The number of nitrogens with zero attached hydrogens (tertiary/aromatic N) is 2. The van der Waals surface area contributed by atoms with Crippen molar-refractivity contribution in [3.63, 3.8) is 0 Å². The van der Waals surface area contributed by atoms with Gasteiger partial charge in [0.15, 0.2) is 0 Å². The van der Waals surface area contributed by atoms with Crippen LogP contribution in [0.3, 0.4) is 0 Å². The molecule has 0 aromatic heterocycles. The summed E-state index contributed by atoms with van der Waals surface area (Å²) in [5.41, 5.74) is 0.613. The van der Waals surface area contributed by atoms with Gasteiger partial charge in [0, 0.05) is 13.0 Å². The molecule has 2 N–H and O–H groups in total. The van der Waals surface area contributed by atoms with Crippen LogP contribution < -0.4 is 10.2 Å². The number of aliphatic hydroxyl groups is 1. The van der Waals surface area contributed by atoms with Crippen molar-refractivity contribution in [2.75, 3.05) is 24.6 Å². The van der Waals surface area contributed by atoms with Gasteiger partial charge in [-0.1, -0.05) is 86.5 Å². The number of nitrogens with one attached hydrogen (secondary N) is 1. The van der Waals surface area contributed by atoms with Gasteiger partial charge in [-0.3, -0.25) is 19.2 Å². The maximum Gasteiger partial charge on any atom is 0.313 e. The van der Waals surface area contributed by atoms with Crippen LogP contribution in [0.1, 0.15) is 63.2 Å². The second-order valence-electron chi connectivity index (χ2n) is 13.5. The molecule has 50 heavy (non-hydrogen) atoms. The van der Waals surface area contributed by atoms with E-state index in [1.807, 2.05) is 57.2 Å². The Balaban J connectivity index is 1.53. The molecule has 3 amide bonds. The molecule has 5 rings (SSSR count). The van der Waals surface area contributed by atoms with Crippen LogP contribution in [0, 0.1) is 24.7 Å². The fraction of sp³-hybridized carbons (Fsp3) is 0.487. The second kappa shape index (κ2) is 15.9. The molecule has 10 nitrogen and oxygen atoms in total. The van der Waals surface area contributed by atoms with Gasteiger partial charge in [0.2, 0.25) is 11.8 Å². The van der Waals surface area contributed by atoms with Gasteiger partial charge < -0.3 is 29.7 Å². The third-order valence-corrected chi connectivity index (χ3v) is 10.9. The minimum absolute atomic E-state index is 0.0370. The van der Waals surface area contributed by atoms with Crippen LogP contribution in [0.2, 0.25) is 5.02 Å². The van der Waals surface area contributed by atoms with E-state index in [-0.39, 0.29) is 37.9 Å². The maximum absolute atomic E-state index is 15.0.